The summed E-state index contributed by atoms with van der Waals surface area (Å²) in [7, 11) is 2.77. The highest BCUT2D eigenvalue weighted by atomic mass is 35.5. The van der Waals surface area contributed by atoms with Gasteiger partial charge in [0.2, 0.25) is 5.91 Å². The van der Waals surface area contributed by atoms with Gasteiger partial charge in [-0.1, -0.05) is 11.6 Å². The fourth-order valence-corrected chi connectivity index (χ4v) is 2.79. The first-order valence-corrected chi connectivity index (χ1v) is 9.46. The molecule has 0 aliphatic carbocycles. The number of carbonyl (C=O) groups is 2. The van der Waals surface area contributed by atoms with E-state index in [1.165, 1.54) is 32.2 Å². The lowest BCUT2D eigenvalue weighted by Gasteiger charge is -2.10. The Labute approximate surface area is 172 Å². The van der Waals surface area contributed by atoms with E-state index in [4.69, 9.17) is 21.1 Å². The quantitative estimate of drug-likeness (QED) is 0.289. The minimum Gasteiger partial charge on any atom is -0.493 e. The van der Waals surface area contributed by atoms with E-state index in [-0.39, 0.29) is 18.3 Å². The molecule has 0 fully saturated rings. The predicted molar refractivity (Wildman–Crippen MR) is 108 cm³/mol. The zero-order chi connectivity index (χ0) is 20.4. The van der Waals surface area contributed by atoms with Crippen molar-refractivity contribution in [2.24, 2.45) is 5.10 Å². The molecule has 0 aromatic heterocycles. The summed E-state index contributed by atoms with van der Waals surface area (Å²) in [5.74, 6) is 0.321. The molecular formula is C19H19ClN2O5S. The third-order valence-corrected chi connectivity index (χ3v) is 4.61. The highest BCUT2D eigenvalue weighted by Gasteiger charge is 2.08. The number of halogens is 1. The van der Waals surface area contributed by atoms with E-state index in [2.05, 4.69) is 15.3 Å². The van der Waals surface area contributed by atoms with Gasteiger partial charge in [-0.25, -0.2) is 10.2 Å². The average Bonchev–Trinajstić information content (AvgIpc) is 2.71. The van der Waals surface area contributed by atoms with Crippen LogP contribution in [-0.2, 0) is 14.3 Å². The third kappa shape index (κ3) is 7.13. The molecule has 2 aromatic rings. The first kappa shape index (κ1) is 21.6. The number of hydrazone groups is 1. The van der Waals surface area contributed by atoms with Crippen molar-refractivity contribution < 1.29 is 23.8 Å². The third-order valence-electron chi connectivity index (χ3n) is 3.35. The molecule has 0 atom stereocenters. The second-order valence-corrected chi connectivity index (χ2v) is 6.80. The molecule has 2 rings (SSSR count). The molecule has 0 bridgehead atoms. The number of amides is 1. The van der Waals surface area contributed by atoms with Crippen LogP contribution in [0.2, 0.25) is 5.02 Å². The molecule has 0 saturated heterocycles. The van der Waals surface area contributed by atoms with Crippen LogP contribution < -0.4 is 14.9 Å². The number of ether oxygens (including phenoxy) is 3. The molecule has 9 heteroatoms. The summed E-state index contributed by atoms with van der Waals surface area (Å²) in [5, 5.41) is 4.58. The molecule has 1 amide bonds. The highest BCUT2D eigenvalue weighted by Crippen LogP contribution is 2.27. The van der Waals surface area contributed by atoms with Crippen LogP contribution in [0.5, 0.6) is 11.5 Å². The van der Waals surface area contributed by atoms with Crippen LogP contribution in [0.1, 0.15) is 5.56 Å². The lowest BCUT2D eigenvalue weighted by molar-refractivity contribution is -0.142. The molecule has 0 aliphatic heterocycles. The van der Waals surface area contributed by atoms with E-state index in [9.17, 15) is 9.59 Å². The number of carbonyl (C=O) groups excluding carboxylic acids is 2. The van der Waals surface area contributed by atoms with Crippen molar-refractivity contribution in [1.29, 1.82) is 0 Å². The van der Waals surface area contributed by atoms with Crippen molar-refractivity contribution in [2.45, 2.75) is 4.90 Å². The minimum absolute atomic E-state index is 0.221. The molecule has 1 N–H and O–H groups in total. The van der Waals surface area contributed by atoms with E-state index < -0.39 is 5.97 Å². The van der Waals surface area contributed by atoms with Crippen molar-refractivity contribution >= 4 is 41.5 Å². The zero-order valence-corrected chi connectivity index (χ0v) is 16.9. The number of nitrogens with one attached hydrogen (secondary N) is 1. The Morgan fingerprint density at radius 1 is 1.14 bits per heavy atom. The van der Waals surface area contributed by atoms with Crippen LogP contribution in [0.25, 0.3) is 0 Å². The summed E-state index contributed by atoms with van der Waals surface area (Å²) >= 11 is 7.21. The second kappa shape index (κ2) is 11.2. The molecule has 0 spiro atoms. The molecular weight excluding hydrogens is 404 g/mol. The predicted octanol–water partition coefficient (Wildman–Crippen LogP) is 3.14. The molecule has 28 heavy (non-hydrogen) atoms. The maximum atomic E-state index is 11.9. The zero-order valence-electron chi connectivity index (χ0n) is 15.3. The van der Waals surface area contributed by atoms with Crippen LogP contribution in [-0.4, -0.2) is 44.7 Å². The fourth-order valence-electron chi connectivity index (χ4n) is 1.97. The Kier molecular flexibility index (Phi) is 8.64. The average molecular weight is 423 g/mol. The summed E-state index contributed by atoms with van der Waals surface area (Å²) in [4.78, 5) is 24.0. The van der Waals surface area contributed by atoms with Crippen molar-refractivity contribution in [2.75, 3.05) is 26.6 Å². The Morgan fingerprint density at radius 3 is 2.57 bits per heavy atom. The number of benzene rings is 2. The highest BCUT2D eigenvalue weighted by molar-refractivity contribution is 8.00. The molecule has 148 valence electrons. The summed E-state index contributed by atoms with van der Waals surface area (Å²) in [6.07, 6.45) is 1.48. The maximum Gasteiger partial charge on any atom is 0.343 e. The van der Waals surface area contributed by atoms with Gasteiger partial charge in [-0.15, -0.1) is 11.8 Å². The molecule has 0 saturated carbocycles. The Bertz CT molecular complexity index is 843. The number of nitrogens with zero attached hydrogens (tertiary/aromatic N) is 1. The lowest BCUT2D eigenvalue weighted by Crippen LogP contribution is -2.19. The molecule has 0 radical (unpaired) electrons. The minimum atomic E-state index is -0.494. The van der Waals surface area contributed by atoms with Crippen LogP contribution >= 0.6 is 23.4 Å². The summed E-state index contributed by atoms with van der Waals surface area (Å²) in [6.45, 7) is -0.221. The standard InChI is InChI=1S/C19H19ClN2O5S/c1-25-17-9-13(3-8-16(17)27-11-19(24)26-2)10-21-22-18(23)12-28-15-6-4-14(20)5-7-15/h3-10H,11-12H2,1-2H3,(H,22,23)/b21-10-. The summed E-state index contributed by atoms with van der Waals surface area (Å²) < 4.78 is 15.1. The van der Waals surface area contributed by atoms with Gasteiger partial charge in [-0.3, -0.25) is 4.79 Å². The first-order chi connectivity index (χ1) is 13.5. The Hall–Kier alpha value is -2.71. The van der Waals surface area contributed by atoms with Crippen molar-refractivity contribution in [3.63, 3.8) is 0 Å². The van der Waals surface area contributed by atoms with E-state index in [0.29, 0.717) is 22.1 Å². The van der Waals surface area contributed by atoms with Gasteiger partial charge < -0.3 is 14.2 Å². The van der Waals surface area contributed by atoms with Gasteiger partial charge in [0.15, 0.2) is 18.1 Å². The second-order valence-electron chi connectivity index (χ2n) is 5.31. The van der Waals surface area contributed by atoms with Gasteiger partial charge in [0.1, 0.15) is 0 Å². The van der Waals surface area contributed by atoms with Crippen molar-refractivity contribution in [3.05, 3.63) is 53.1 Å². The monoisotopic (exact) mass is 422 g/mol. The molecule has 0 aliphatic rings. The number of rotatable bonds is 9. The number of thioether (sulfide) groups is 1. The normalized spacial score (nSPS) is 10.5. The smallest absolute Gasteiger partial charge is 0.343 e. The van der Waals surface area contributed by atoms with Crippen LogP contribution in [0.4, 0.5) is 0 Å². The van der Waals surface area contributed by atoms with E-state index in [1.54, 1.807) is 30.3 Å². The number of hydrogen-bond acceptors (Lipinski definition) is 7. The number of methoxy groups -OCH3 is 2. The lowest BCUT2D eigenvalue weighted by atomic mass is 10.2. The molecule has 0 unspecified atom stereocenters. The van der Waals surface area contributed by atoms with E-state index >= 15 is 0 Å². The van der Waals surface area contributed by atoms with Crippen molar-refractivity contribution in [1.82, 2.24) is 5.43 Å². The SMILES string of the molecule is COC(=O)COc1ccc(/C=N\NC(=O)CSc2ccc(Cl)cc2)cc1OC. The largest absolute Gasteiger partial charge is 0.493 e. The van der Waals surface area contributed by atoms with E-state index in [0.717, 1.165) is 4.90 Å². The molecule has 0 heterocycles. The Morgan fingerprint density at radius 2 is 1.89 bits per heavy atom. The van der Waals surface area contributed by atoms with Gasteiger partial charge >= 0.3 is 5.97 Å². The molecule has 7 nitrogen and oxygen atoms in total. The van der Waals surface area contributed by atoms with Crippen LogP contribution in [0.3, 0.4) is 0 Å². The van der Waals surface area contributed by atoms with E-state index in [1.807, 2.05) is 12.1 Å². The van der Waals surface area contributed by atoms with Crippen LogP contribution in [0, 0.1) is 0 Å². The maximum absolute atomic E-state index is 11.9. The van der Waals surface area contributed by atoms with Gasteiger partial charge in [0.25, 0.3) is 0 Å². The van der Waals surface area contributed by atoms with Gasteiger partial charge in [0, 0.05) is 9.92 Å². The summed E-state index contributed by atoms with van der Waals surface area (Å²) in [5.41, 5.74) is 3.15. The topological polar surface area (TPSA) is 86.2 Å². The fraction of sp³-hybridized carbons (Fsp3) is 0.211. The van der Waals surface area contributed by atoms with Gasteiger partial charge in [-0.2, -0.15) is 5.10 Å². The molecule has 2 aromatic carbocycles. The first-order valence-electron chi connectivity index (χ1n) is 8.09. The van der Waals surface area contributed by atoms with Crippen molar-refractivity contribution in [3.8, 4) is 11.5 Å². The van der Waals surface area contributed by atoms with Gasteiger partial charge in [0.05, 0.1) is 26.2 Å². The van der Waals surface area contributed by atoms with Crippen LogP contribution in [0.15, 0.2) is 52.5 Å². The Balaban J connectivity index is 1.86. The summed E-state index contributed by atoms with van der Waals surface area (Å²) in [6, 6.07) is 12.3. The van der Waals surface area contributed by atoms with Gasteiger partial charge in [-0.05, 0) is 48.0 Å². The number of hydrogen-bond donors (Lipinski definition) is 1. The number of esters is 1.